The quantitative estimate of drug-likeness (QED) is 0.703. The topological polar surface area (TPSA) is 85.1 Å². The van der Waals surface area contributed by atoms with Gasteiger partial charge in [-0.05, 0) is 30.2 Å². The van der Waals surface area contributed by atoms with Gasteiger partial charge in [-0.2, -0.15) is 0 Å². The van der Waals surface area contributed by atoms with Crippen LogP contribution in [0.5, 0.6) is 0 Å². The zero-order valence-corrected chi connectivity index (χ0v) is 15.2. The summed E-state index contributed by atoms with van der Waals surface area (Å²) in [5.41, 5.74) is 8.55. The third kappa shape index (κ3) is 4.55. The van der Waals surface area contributed by atoms with Crippen LogP contribution in [0.4, 0.5) is 5.69 Å². The van der Waals surface area contributed by atoms with Gasteiger partial charge in [0.2, 0.25) is 5.91 Å². The summed E-state index contributed by atoms with van der Waals surface area (Å²) in [6.45, 7) is 1.84. The highest BCUT2D eigenvalue weighted by Crippen LogP contribution is 2.22. The number of aromatic nitrogens is 1. The number of carbonyl (C=O) groups excluding carboxylic acids is 2. The molecule has 0 bridgehead atoms. The lowest BCUT2D eigenvalue weighted by Gasteiger charge is -2.05. The number of thiazole rings is 1. The summed E-state index contributed by atoms with van der Waals surface area (Å²) in [5, 5.41) is 3.78. The average molecular weight is 365 g/mol. The molecule has 0 saturated carbocycles. The van der Waals surface area contributed by atoms with Crippen molar-refractivity contribution < 1.29 is 9.59 Å². The zero-order valence-electron chi connectivity index (χ0n) is 14.4. The molecule has 0 saturated heterocycles. The molecule has 3 aromatic rings. The van der Waals surface area contributed by atoms with Crippen molar-refractivity contribution in [3.8, 4) is 0 Å². The maximum absolute atomic E-state index is 12.5. The molecule has 26 heavy (non-hydrogen) atoms. The number of carbonyl (C=O) groups is 2. The highest BCUT2D eigenvalue weighted by atomic mass is 32.1. The first-order chi connectivity index (χ1) is 12.5. The molecule has 0 spiro atoms. The van der Waals surface area contributed by atoms with E-state index >= 15 is 0 Å². The van der Waals surface area contributed by atoms with Crippen molar-refractivity contribution in [1.82, 2.24) is 4.98 Å². The number of nitrogens with zero attached hydrogens (tertiary/aromatic N) is 1. The van der Waals surface area contributed by atoms with Crippen LogP contribution in [-0.4, -0.2) is 16.8 Å². The van der Waals surface area contributed by atoms with Gasteiger partial charge in [0.1, 0.15) is 4.88 Å². The van der Waals surface area contributed by atoms with Crippen molar-refractivity contribution in [3.63, 3.8) is 0 Å². The molecule has 0 aliphatic heterocycles. The molecule has 3 N–H and O–H groups in total. The molecule has 0 aliphatic rings. The van der Waals surface area contributed by atoms with Crippen molar-refractivity contribution in [2.24, 2.45) is 5.73 Å². The van der Waals surface area contributed by atoms with Crippen LogP contribution >= 0.6 is 11.3 Å². The minimum Gasteiger partial charge on any atom is -0.369 e. The maximum Gasteiger partial charge on any atom is 0.267 e. The SMILES string of the molecule is Cc1nc(Cc2ccccc2)sc1C(=O)Nc1ccc(CC(N)=O)cc1. The predicted octanol–water partition coefficient (Wildman–Crippen LogP) is 3.32. The summed E-state index contributed by atoms with van der Waals surface area (Å²) < 4.78 is 0. The van der Waals surface area contributed by atoms with Gasteiger partial charge >= 0.3 is 0 Å². The Hall–Kier alpha value is -2.99. The second-order valence-corrected chi connectivity index (χ2v) is 7.06. The first-order valence-corrected chi connectivity index (χ1v) is 9.02. The standard InChI is InChI=1S/C20H19N3O2S/c1-13-19(26-18(22-13)12-14-5-3-2-4-6-14)20(25)23-16-9-7-15(8-10-16)11-17(21)24/h2-10H,11-12H2,1H3,(H2,21,24)(H,23,25). The number of primary amides is 1. The number of hydrogen-bond acceptors (Lipinski definition) is 4. The first kappa shape index (κ1) is 17.8. The number of rotatable bonds is 6. The van der Waals surface area contributed by atoms with E-state index in [-0.39, 0.29) is 18.2 Å². The molecule has 0 atom stereocenters. The summed E-state index contributed by atoms with van der Waals surface area (Å²) in [5.74, 6) is -0.560. The molecule has 0 fully saturated rings. The first-order valence-electron chi connectivity index (χ1n) is 8.20. The van der Waals surface area contributed by atoms with Gasteiger partial charge in [-0.3, -0.25) is 9.59 Å². The van der Waals surface area contributed by atoms with E-state index in [9.17, 15) is 9.59 Å². The lowest BCUT2D eigenvalue weighted by Crippen LogP contribution is -2.14. The number of aryl methyl sites for hydroxylation is 1. The highest BCUT2D eigenvalue weighted by Gasteiger charge is 2.15. The largest absolute Gasteiger partial charge is 0.369 e. The van der Waals surface area contributed by atoms with Crippen LogP contribution in [0.3, 0.4) is 0 Å². The van der Waals surface area contributed by atoms with Gasteiger partial charge < -0.3 is 11.1 Å². The van der Waals surface area contributed by atoms with Gasteiger partial charge in [-0.1, -0.05) is 42.5 Å². The van der Waals surface area contributed by atoms with Gasteiger partial charge in [0.15, 0.2) is 0 Å². The lowest BCUT2D eigenvalue weighted by molar-refractivity contribution is -0.117. The van der Waals surface area contributed by atoms with Crippen molar-refractivity contribution in [1.29, 1.82) is 0 Å². The van der Waals surface area contributed by atoms with E-state index in [1.807, 2.05) is 37.3 Å². The molecular weight excluding hydrogens is 346 g/mol. The van der Waals surface area contributed by atoms with Gasteiger partial charge in [-0.15, -0.1) is 11.3 Å². The Bertz CT molecular complexity index is 918. The third-order valence-electron chi connectivity index (χ3n) is 3.84. The molecule has 2 amide bonds. The maximum atomic E-state index is 12.5. The number of nitrogens with two attached hydrogens (primary N) is 1. The summed E-state index contributed by atoms with van der Waals surface area (Å²) in [7, 11) is 0. The Labute approximate surface area is 155 Å². The molecule has 2 aromatic carbocycles. The van der Waals surface area contributed by atoms with Crippen LogP contribution in [0.2, 0.25) is 0 Å². The highest BCUT2D eigenvalue weighted by molar-refractivity contribution is 7.14. The number of amides is 2. The van der Waals surface area contributed by atoms with Gasteiger partial charge in [0.25, 0.3) is 5.91 Å². The summed E-state index contributed by atoms with van der Waals surface area (Å²) in [4.78, 5) is 28.6. The van der Waals surface area contributed by atoms with Gasteiger partial charge in [0.05, 0.1) is 17.1 Å². The summed E-state index contributed by atoms with van der Waals surface area (Å²) >= 11 is 1.41. The zero-order chi connectivity index (χ0) is 18.5. The van der Waals surface area contributed by atoms with Crippen LogP contribution < -0.4 is 11.1 Å². The molecule has 1 aromatic heterocycles. The van der Waals surface area contributed by atoms with E-state index < -0.39 is 0 Å². The summed E-state index contributed by atoms with van der Waals surface area (Å²) in [6.07, 6.45) is 0.895. The second-order valence-electron chi connectivity index (χ2n) is 5.98. The van der Waals surface area contributed by atoms with Crippen LogP contribution in [0, 0.1) is 6.92 Å². The number of nitrogens with one attached hydrogen (secondary N) is 1. The number of anilines is 1. The van der Waals surface area contributed by atoms with E-state index in [0.29, 0.717) is 17.0 Å². The summed E-state index contributed by atoms with van der Waals surface area (Å²) in [6, 6.07) is 17.1. The van der Waals surface area contributed by atoms with E-state index in [0.717, 1.165) is 16.3 Å². The molecule has 0 unspecified atom stereocenters. The number of hydrogen-bond donors (Lipinski definition) is 2. The fourth-order valence-electron chi connectivity index (χ4n) is 2.60. The van der Waals surface area contributed by atoms with Crippen molar-refractivity contribution in [3.05, 3.63) is 81.3 Å². The van der Waals surface area contributed by atoms with Gasteiger partial charge in [-0.25, -0.2) is 4.98 Å². The average Bonchev–Trinajstić information content (AvgIpc) is 2.97. The molecule has 3 rings (SSSR count). The Balaban J connectivity index is 1.69. The van der Waals surface area contributed by atoms with Crippen molar-refractivity contribution in [2.75, 3.05) is 5.32 Å². The Morgan fingerprint density at radius 3 is 2.38 bits per heavy atom. The predicted molar refractivity (Wildman–Crippen MR) is 103 cm³/mol. The molecule has 132 valence electrons. The van der Waals surface area contributed by atoms with E-state index in [4.69, 9.17) is 5.73 Å². The number of benzene rings is 2. The van der Waals surface area contributed by atoms with E-state index in [1.54, 1.807) is 24.3 Å². The van der Waals surface area contributed by atoms with Crippen LogP contribution in [-0.2, 0) is 17.6 Å². The normalized spacial score (nSPS) is 10.5. The molecule has 0 aliphatic carbocycles. The fraction of sp³-hybridized carbons (Fsp3) is 0.150. The second kappa shape index (κ2) is 7.93. The smallest absolute Gasteiger partial charge is 0.267 e. The molecule has 6 heteroatoms. The van der Waals surface area contributed by atoms with Crippen molar-refractivity contribution >= 4 is 28.8 Å². The van der Waals surface area contributed by atoms with Crippen LogP contribution in [0.25, 0.3) is 0 Å². The molecule has 5 nitrogen and oxygen atoms in total. The molecular formula is C20H19N3O2S. The monoisotopic (exact) mass is 365 g/mol. The minimum absolute atomic E-state index is 0.179. The van der Waals surface area contributed by atoms with Crippen LogP contribution in [0.1, 0.15) is 31.5 Å². The van der Waals surface area contributed by atoms with Gasteiger partial charge in [0, 0.05) is 12.1 Å². The molecule has 0 radical (unpaired) electrons. The Morgan fingerprint density at radius 1 is 1.04 bits per heavy atom. The Morgan fingerprint density at radius 2 is 1.73 bits per heavy atom. The fourth-order valence-corrected chi connectivity index (χ4v) is 3.60. The van der Waals surface area contributed by atoms with E-state index in [2.05, 4.69) is 10.3 Å². The third-order valence-corrected chi connectivity index (χ3v) is 4.99. The van der Waals surface area contributed by atoms with Crippen molar-refractivity contribution in [2.45, 2.75) is 19.8 Å². The molecule has 1 heterocycles. The minimum atomic E-state index is -0.381. The lowest BCUT2D eigenvalue weighted by atomic mass is 10.1. The van der Waals surface area contributed by atoms with Crippen LogP contribution in [0.15, 0.2) is 54.6 Å². The Kier molecular flexibility index (Phi) is 5.43. The van der Waals surface area contributed by atoms with E-state index in [1.165, 1.54) is 16.9 Å².